The summed E-state index contributed by atoms with van der Waals surface area (Å²) in [5.41, 5.74) is 11.4. The van der Waals surface area contributed by atoms with Crippen LogP contribution in [0.25, 0.3) is 49.7 Å². The zero-order valence-electron chi connectivity index (χ0n) is 55.1. The van der Waals surface area contributed by atoms with Crippen molar-refractivity contribution in [2.24, 2.45) is 0 Å². The molecule has 13 aromatic carbocycles. The van der Waals surface area contributed by atoms with Crippen LogP contribution in [0.15, 0.2) is 333 Å². The second-order valence-electron chi connectivity index (χ2n) is 21.8. The molecule has 0 saturated heterocycles. The summed E-state index contributed by atoms with van der Waals surface area (Å²) in [4.78, 5) is 0. The number of nitrogens with zero attached hydrogens (tertiary/aromatic N) is 1. The van der Waals surface area contributed by atoms with Gasteiger partial charge in [0.25, 0.3) is 0 Å². The predicted octanol–water partition coefficient (Wildman–Crippen LogP) is 13.9. The Morgan fingerprint density at radius 3 is 1.27 bits per heavy atom. The number of hydrogen-bond donors (Lipinski definition) is 0. The molecule has 1 heterocycles. The van der Waals surface area contributed by atoms with Gasteiger partial charge in [-0.25, -0.2) is 0 Å². The Kier molecular flexibility index (Phi) is 9.50. The van der Waals surface area contributed by atoms with Crippen molar-refractivity contribution in [2.75, 3.05) is 0 Å². The summed E-state index contributed by atoms with van der Waals surface area (Å²) in [7, 11) is -6.98. The second-order valence-corrected chi connectivity index (χ2v) is 29.4. The first-order chi connectivity index (χ1) is 45.3. The molecule has 1 aromatic heterocycles. The van der Waals surface area contributed by atoms with Crippen molar-refractivity contribution in [1.29, 1.82) is 0 Å². The summed E-state index contributed by atoms with van der Waals surface area (Å²) in [6, 6.07) is 93.7. The lowest BCUT2D eigenvalue weighted by Gasteiger charge is -2.47. The highest BCUT2D eigenvalue weighted by molar-refractivity contribution is 7.20. The molecule has 2 atom stereocenters. The van der Waals surface area contributed by atoms with Gasteiger partial charge in [0.05, 0.1) is 30.4 Å². The molecule has 390 valence electrons. The number of hydrogen-bond acceptors (Lipinski definition) is 0. The maximum Gasteiger partial charge on any atom is 0.179 e. The highest BCUT2D eigenvalue weighted by Crippen LogP contribution is 2.57. The van der Waals surface area contributed by atoms with Gasteiger partial charge in [-0.1, -0.05) is 315 Å². The lowest BCUT2D eigenvalue weighted by Crippen LogP contribution is -2.75. The average molecular weight is 1100 g/mol. The zero-order valence-corrected chi connectivity index (χ0v) is 47.1. The number of rotatable bonds is 11. The monoisotopic (exact) mass is 1100 g/mol. The number of benzene rings is 13. The molecule has 0 radical (unpaired) electrons. The van der Waals surface area contributed by atoms with Gasteiger partial charge in [-0.15, -0.1) is 0 Å². The van der Waals surface area contributed by atoms with Gasteiger partial charge in [0.1, 0.15) is 0 Å². The van der Waals surface area contributed by atoms with E-state index in [1.807, 2.05) is 54.6 Å². The molecule has 1 nitrogen and oxygen atoms in total. The molecule has 83 heavy (non-hydrogen) atoms. The van der Waals surface area contributed by atoms with Crippen LogP contribution in [0.1, 0.15) is 58.9 Å². The highest BCUT2D eigenvalue weighted by atomic mass is 28.3. The van der Waals surface area contributed by atoms with E-state index in [1.54, 1.807) is 0 Å². The van der Waals surface area contributed by atoms with Crippen LogP contribution in [0, 0.1) is 0 Å². The predicted molar refractivity (Wildman–Crippen MR) is 354 cm³/mol. The Hall–Kier alpha value is -9.91. The van der Waals surface area contributed by atoms with Crippen molar-refractivity contribution >= 4 is 79.4 Å². The van der Waals surface area contributed by atoms with E-state index in [0.717, 1.165) is 59.4 Å². The third kappa shape index (κ3) is 7.52. The van der Waals surface area contributed by atoms with E-state index in [9.17, 15) is 5.48 Å². The van der Waals surface area contributed by atoms with Crippen molar-refractivity contribution in [3.8, 4) is 27.9 Å². The minimum atomic E-state index is -3.94. The number of fused-ring (bicyclic) bond motifs is 3. The lowest BCUT2D eigenvalue weighted by atomic mass is 9.60. The molecule has 0 fully saturated rings. The summed E-state index contributed by atoms with van der Waals surface area (Å²) in [5.74, 6) is -0.579. The first kappa shape index (κ1) is 39.5. The minimum Gasteiger partial charge on any atom is -0.309 e. The summed E-state index contributed by atoms with van der Waals surface area (Å²) in [6.45, 7) is 0. The first-order valence-electron chi connectivity index (χ1n) is 33.3. The smallest absolute Gasteiger partial charge is 0.179 e. The van der Waals surface area contributed by atoms with E-state index in [1.165, 1.54) is 43.0 Å². The van der Waals surface area contributed by atoms with E-state index in [2.05, 4.69) is 223 Å². The molecule has 3 heteroatoms. The van der Waals surface area contributed by atoms with Gasteiger partial charge < -0.3 is 4.57 Å². The lowest BCUT2D eigenvalue weighted by molar-refractivity contribution is 0.752. The molecule has 17 rings (SSSR count). The molecule has 0 amide bonds. The van der Waals surface area contributed by atoms with Crippen LogP contribution in [0.3, 0.4) is 0 Å². The van der Waals surface area contributed by atoms with E-state index in [4.69, 9.17) is 8.22 Å². The van der Waals surface area contributed by atoms with Gasteiger partial charge in [-0.05, 0) is 115 Å². The summed E-state index contributed by atoms with van der Waals surface area (Å²) < 4.78 is 92.4. The molecular weight excluding hydrogens is 1030 g/mol. The van der Waals surface area contributed by atoms with E-state index in [-0.39, 0.29) is 47.1 Å². The topological polar surface area (TPSA) is 4.93 Å². The zero-order chi connectivity index (χ0) is 63.6. The van der Waals surface area contributed by atoms with Crippen LogP contribution < -0.4 is 41.5 Å². The normalized spacial score (nSPS) is 16.0. The molecule has 0 spiro atoms. The Labute approximate surface area is 501 Å². The van der Waals surface area contributed by atoms with Gasteiger partial charge in [0, 0.05) is 22.6 Å². The fraction of sp³-hybridized carbons (Fsp3) is 0.0250. The Morgan fingerprint density at radius 1 is 0.277 bits per heavy atom. The Morgan fingerprint density at radius 2 is 0.699 bits per heavy atom. The molecule has 3 aliphatic rings. The SMILES string of the molecule is [2H]c1c([2H])c([2H])c(-c2cccc([Si](c3ccccc3)(c3cccc(-c4c([2H])c([2H])c([2H])c([2H])c4[2H])c3)c3cccc4c3C3c5ccccc5C4c4cccc(-n5c6ccccc6c6ccc([Si](c7ccccc7)(c7ccccc7)c7ccccc7)cc65)c43)c2)c([2H])c1[2H]. The minimum absolute atomic E-state index is 0.0823. The fourth-order valence-electron chi connectivity index (χ4n) is 14.6. The molecule has 14 aromatic rings. The molecule has 2 bridgehead atoms. The standard InChI is InChI=1S/C80H57NSi2/c1-7-27-56(28-8-1)58-31-23-41-64(53-58)83(63-39-17-6-18-40-63,65-42-24-32-59(54-65)57-29-9-2-10-30-57)76-50-26-47-72-77-69-44-19-20-45-70(69)80(79(72)76)78-71(77)46-25-49-74(78)81-73-48-22-21-43-67(73)68-52-51-66(55-75(68)81)82(60-33-11-3-12-34-60,61-35-13-4-14-36-61)62-37-15-5-16-38-62/h1-55,77,80H/i1D,2D,7D,8D,9D,10D,27D,28D,29D,30D. The quantitative estimate of drug-likeness (QED) is 0.0899. The van der Waals surface area contributed by atoms with E-state index >= 15 is 0 Å². The highest BCUT2D eigenvalue weighted by Gasteiger charge is 2.50. The number of para-hydroxylation sites is 1. The fourth-order valence-corrected chi connectivity index (χ4v) is 24.5. The second kappa shape index (κ2) is 20.0. The van der Waals surface area contributed by atoms with Crippen LogP contribution in [-0.2, 0) is 0 Å². The summed E-state index contributed by atoms with van der Waals surface area (Å²) >= 11 is 0. The van der Waals surface area contributed by atoms with Gasteiger partial charge >= 0.3 is 0 Å². The van der Waals surface area contributed by atoms with Crippen LogP contribution in [-0.4, -0.2) is 20.7 Å². The molecule has 0 saturated carbocycles. The van der Waals surface area contributed by atoms with E-state index < -0.39 is 52.4 Å². The molecule has 2 unspecified atom stereocenters. The maximum atomic E-state index is 9.32. The van der Waals surface area contributed by atoms with Crippen LogP contribution in [0.5, 0.6) is 0 Å². The van der Waals surface area contributed by atoms with Gasteiger partial charge in [0.15, 0.2) is 16.1 Å². The van der Waals surface area contributed by atoms with Crippen molar-refractivity contribution in [1.82, 2.24) is 4.57 Å². The largest absolute Gasteiger partial charge is 0.309 e. The van der Waals surface area contributed by atoms with Crippen LogP contribution in [0.4, 0.5) is 0 Å². The number of aromatic nitrogens is 1. The van der Waals surface area contributed by atoms with Crippen molar-refractivity contribution < 1.29 is 13.7 Å². The van der Waals surface area contributed by atoms with Gasteiger partial charge in [0.2, 0.25) is 0 Å². The first-order valence-corrected chi connectivity index (χ1v) is 32.3. The van der Waals surface area contributed by atoms with Gasteiger partial charge in [-0.2, -0.15) is 0 Å². The van der Waals surface area contributed by atoms with Gasteiger partial charge in [-0.3, -0.25) is 0 Å². The summed E-state index contributed by atoms with van der Waals surface area (Å²) in [6.07, 6.45) is 0. The Bertz CT molecular complexity index is 5100. The molecular formula is C80H57NSi2. The molecule has 3 aliphatic carbocycles. The van der Waals surface area contributed by atoms with Crippen LogP contribution in [0.2, 0.25) is 0 Å². The maximum absolute atomic E-state index is 9.32. The van der Waals surface area contributed by atoms with E-state index in [0.29, 0.717) is 11.1 Å². The van der Waals surface area contributed by atoms with Crippen molar-refractivity contribution in [3.05, 3.63) is 367 Å². The Balaban J connectivity index is 1.01. The molecule has 0 aliphatic heterocycles. The third-order valence-electron chi connectivity index (χ3n) is 17.8. The third-order valence-corrected chi connectivity index (χ3v) is 27.4. The van der Waals surface area contributed by atoms with Crippen molar-refractivity contribution in [3.63, 3.8) is 0 Å². The van der Waals surface area contributed by atoms with Crippen LogP contribution >= 0.6 is 0 Å². The molecule has 0 N–H and O–H groups in total. The average Bonchev–Trinajstić information content (AvgIpc) is 1.36. The summed E-state index contributed by atoms with van der Waals surface area (Å²) in [5, 5.41) is 11.1. The van der Waals surface area contributed by atoms with Crippen molar-refractivity contribution in [2.45, 2.75) is 11.8 Å².